The molecule has 0 radical (unpaired) electrons. The summed E-state index contributed by atoms with van der Waals surface area (Å²) in [5.74, 6) is 1.89. The molecule has 6 heteroatoms. The fourth-order valence-electron chi connectivity index (χ4n) is 5.54. The topological polar surface area (TPSA) is 55.8 Å². The van der Waals surface area contributed by atoms with Gasteiger partial charge in [-0.15, -0.1) is 0 Å². The summed E-state index contributed by atoms with van der Waals surface area (Å²) in [7, 11) is 1.30. The third kappa shape index (κ3) is 3.79. The molecule has 0 amide bonds. The number of carbonyl (C=O) groups is 1. The lowest BCUT2D eigenvalue weighted by Crippen LogP contribution is -2.37. The predicted molar refractivity (Wildman–Crippen MR) is 115 cm³/mol. The number of ether oxygens (including phenoxy) is 1. The number of hydrogen-bond donors (Lipinski definition) is 0. The Labute approximate surface area is 175 Å². The molecule has 1 aliphatic carbocycles. The molecule has 1 saturated carbocycles. The first kappa shape index (κ1) is 21.0. The Morgan fingerprint density at radius 2 is 1.72 bits per heavy atom. The van der Waals surface area contributed by atoms with Crippen molar-refractivity contribution in [1.29, 1.82) is 0 Å². The lowest BCUT2D eigenvalue weighted by molar-refractivity contribution is -0.185. The molecule has 3 aliphatic rings. The maximum absolute atomic E-state index is 14.1. The number of likely N-dealkylation sites (N-methyl/N-ethyl adjacent to an activating group) is 2. The van der Waals surface area contributed by atoms with Crippen molar-refractivity contribution in [3.8, 4) is 0 Å². The summed E-state index contributed by atoms with van der Waals surface area (Å²) in [6, 6.07) is 11.1. The summed E-state index contributed by atoms with van der Waals surface area (Å²) in [5, 5.41) is 0. The Kier molecular flexibility index (Phi) is 6.13. The summed E-state index contributed by atoms with van der Waals surface area (Å²) in [4.78, 5) is 26.3. The first-order valence-corrected chi connectivity index (χ1v) is 12.6. The normalized spacial score (nSPS) is 34.1. The zero-order chi connectivity index (χ0) is 20.6. The smallest absolute Gasteiger partial charge is 0.308 e. The first-order valence-electron chi connectivity index (χ1n) is 10.9. The van der Waals surface area contributed by atoms with Gasteiger partial charge >= 0.3 is 5.97 Å². The molecule has 158 valence electrons. The predicted octanol–water partition coefficient (Wildman–Crippen LogP) is 3.79. The monoisotopic (exact) mass is 416 g/mol. The molecule has 0 unspecified atom stereocenters. The highest BCUT2D eigenvalue weighted by Gasteiger charge is 2.54. The zero-order valence-electron chi connectivity index (χ0n) is 17.7. The summed E-state index contributed by atoms with van der Waals surface area (Å²) < 4.78 is 9.53. The van der Waals surface area contributed by atoms with Gasteiger partial charge in [-0.1, -0.05) is 50.1 Å². The number of fused-ring (bicyclic) bond motifs is 1. The molecule has 0 bridgehead atoms. The second-order valence-electron chi connectivity index (χ2n) is 8.84. The van der Waals surface area contributed by atoms with E-state index in [0.29, 0.717) is 18.7 Å². The van der Waals surface area contributed by atoms with E-state index in [1.165, 1.54) is 18.4 Å². The number of esters is 1. The highest BCUT2D eigenvalue weighted by Crippen LogP contribution is 2.66. The molecular weight excluding hydrogens is 383 g/mol. The molecule has 4 rings (SSSR count). The van der Waals surface area contributed by atoms with Gasteiger partial charge < -0.3 is 9.63 Å². The first-order chi connectivity index (χ1) is 13.9. The number of carbonyl (C=O) groups excluding carboxylic acids is 1. The van der Waals surface area contributed by atoms with Crippen molar-refractivity contribution in [2.75, 3.05) is 20.7 Å². The highest BCUT2D eigenvalue weighted by atomic mass is 31.2. The van der Waals surface area contributed by atoms with Crippen LogP contribution in [-0.4, -0.2) is 48.1 Å². The highest BCUT2D eigenvalue weighted by molar-refractivity contribution is 7.67. The van der Waals surface area contributed by atoms with Crippen LogP contribution >= 0.6 is 7.79 Å². The molecule has 2 aliphatic heterocycles. The summed E-state index contributed by atoms with van der Waals surface area (Å²) in [5.41, 5.74) is 1.17. The van der Waals surface area contributed by atoms with Crippen LogP contribution in [0.2, 0.25) is 0 Å². The van der Waals surface area contributed by atoms with Gasteiger partial charge in [-0.2, -0.15) is 9.34 Å². The van der Waals surface area contributed by atoms with Crippen LogP contribution in [0.15, 0.2) is 42.2 Å². The van der Waals surface area contributed by atoms with E-state index in [1.807, 2.05) is 45.0 Å². The van der Waals surface area contributed by atoms with E-state index >= 15 is 0 Å². The molecule has 0 aromatic heterocycles. The number of cyclic esters (lactones) is 1. The summed E-state index contributed by atoms with van der Waals surface area (Å²) in [6.45, 7) is 2.42. The van der Waals surface area contributed by atoms with Crippen molar-refractivity contribution in [2.45, 2.75) is 57.0 Å². The molecule has 5 atom stereocenters. The van der Waals surface area contributed by atoms with Gasteiger partial charge in [0, 0.05) is 20.0 Å². The van der Waals surface area contributed by atoms with Crippen molar-refractivity contribution in [1.82, 2.24) is 9.34 Å². The fraction of sp³-hybridized carbons (Fsp3) is 0.609. The molecule has 0 N–H and O–H groups in total. The summed E-state index contributed by atoms with van der Waals surface area (Å²) in [6.07, 6.45) is 7.64. The van der Waals surface area contributed by atoms with Crippen LogP contribution in [0, 0.1) is 11.8 Å². The van der Waals surface area contributed by atoms with Crippen LogP contribution in [0.4, 0.5) is 0 Å². The molecule has 0 spiro atoms. The SMILES string of the molecule is C[C@@H]1C(=O)OCC[C@H]1[C@H](/C=C/[P+]1([O-])N(C)[C@@H]2CCCC[C@H]2N1C)c1ccccc1. The second-order valence-corrected chi connectivity index (χ2v) is 11.6. The Bertz CT molecular complexity index is 738. The largest absolute Gasteiger partial charge is 0.647 e. The van der Waals surface area contributed by atoms with Crippen molar-refractivity contribution in [3.63, 3.8) is 0 Å². The number of allylic oxidation sites excluding steroid dienone is 1. The minimum absolute atomic E-state index is 0.0503. The lowest BCUT2D eigenvalue weighted by Gasteiger charge is -2.36. The van der Waals surface area contributed by atoms with Crippen LogP contribution in [0.1, 0.15) is 50.5 Å². The maximum Gasteiger partial charge on any atom is 0.308 e. The molecule has 1 aromatic rings. The molecule has 1 aromatic carbocycles. The minimum atomic E-state index is -2.75. The average Bonchev–Trinajstić information content (AvgIpc) is 2.94. The fourth-order valence-corrected chi connectivity index (χ4v) is 8.21. The lowest BCUT2D eigenvalue weighted by atomic mass is 9.76. The van der Waals surface area contributed by atoms with Gasteiger partial charge in [-0.25, -0.2) is 0 Å². The Morgan fingerprint density at radius 3 is 2.34 bits per heavy atom. The molecular formula is C23H33N2O3P. The van der Waals surface area contributed by atoms with Crippen LogP contribution in [0.3, 0.4) is 0 Å². The van der Waals surface area contributed by atoms with E-state index < -0.39 is 7.79 Å². The van der Waals surface area contributed by atoms with E-state index in [4.69, 9.17) is 4.74 Å². The number of benzene rings is 1. The van der Waals surface area contributed by atoms with Crippen molar-refractivity contribution >= 4 is 13.8 Å². The van der Waals surface area contributed by atoms with Gasteiger partial charge in [0.1, 0.15) is 7.79 Å². The Hall–Kier alpha value is -1.26. The maximum atomic E-state index is 14.1. The second kappa shape index (κ2) is 8.47. The third-order valence-electron chi connectivity index (χ3n) is 7.40. The van der Waals surface area contributed by atoms with E-state index in [2.05, 4.69) is 27.5 Å². The van der Waals surface area contributed by atoms with E-state index in [9.17, 15) is 9.69 Å². The van der Waals surface area contributed by atoms with Crippen molar-refractivity contribution in [3.05, 3.63) is 47.8 Å². The van der Waals surface area contributed by atoms with Crippen molar-refractivity contribution < 1.29 is 14.4 Å². The van der Waals surface area contributed by atoms with Crippen molar-refractivity contribution in [2.24, 2.45) is 11.8 Å². The van der Waals surface area contributed by atoms with Gasteiger partial charge in [-0.05, 0) is 36.8 Å². The molecule has 3 fully saturated rings. The van der Waals surface area contributed by atoms with Gasteiger partial charge in [-0.3, -0.25) is 4.79 Å². The number of hydrogen-bond acceptors (Lipinski definition) is 5. The van der Waals surface area contributed by atoms with Crippen LogP contribution < -0.4 is 4.89 Å². The summed E-state index contributed by atoms with van der Waals surface area (Å²) >= 11 is 0. The van der Waals surface area contributed by atoms with Gasteiger partial charge in [0.25, 0.3) is 0 Å². The molecule has 2 heterocycles. The molecule has 2 saturated heterocycles. The van der Waals surface area contributed by atoms with Gasteiger partial charge in [0.15, 0.2) is 0 Å². The number of rotatable bonds is 4. The quantitative estimate of drug-likeness (QED) is 0.552. The molecule has 5 nitrogen and oxygen atoms in total. The van der Waals surface area contributed by atoms with Crippen LogP contribution in [0.5, 0.6) is 0 Å². The number of nitrogens with zero attached hydrogens (tertiary/aromatic N) is 2. The Morgan fingerprint density at radius 1 is 1.10 bits per heavy atom. The van der Waals surface area contributed by atoms with Crippen LogP contribution in [0.25, 0.3) is 0 Å². The van der Waals surface area contributed by atoms with E-state index in [0.717, 1.165) is 19.3 Å². The Balaban J connectivity index is 1.65. The third-order valence-corrected chi connectivity index (χ3v) is 10.4. The standard InChI is InChI=1S/C23H33N2O3P/c1-17-19(13-15-28-23(17)26)20(18-9-5-4-6-10-18)14-16-29(27)24(2)21-11-7-8-12-22(21)25(29)3/h4-6,9-10,14,16-17,19-22H,7-8,11-13,15H2,1-3H3/b16-14+/t17-,19+,20+,21+,22+/m0/s1. The van der Waals surface area contributed by atoms with Gasteiger partial charge in [0.2, 0.25) is 0 Å². The van der Waals surface area contributed by atoms with Crippen LogP contribution in [-0.2, 0) is 9.53 Å². The average molecular weight is 417 g/mol. The zero-order valence-corrected chi connectivity index (χ0v) is 18.6. The van der Waals surface area contributed by atoms with E-state index in [1.54, 1.807) is 0 Å². The van der Waals surface area contributed by atoms with Gasteiger partial charge in [0.05, 0.1) is 30.4 Å². The minimum Gasteiger partial charge on any atom is -0.647 e. The van der Waals surface area contributed by atoms with E-state index in [-0.39, 0.29) is 23.7 Å². The molecule has 29 heavy (non-hydrogen) atoms.